The maximum Gasteiger partial charge on any atom is 0.0521 e. The number of nitrogens with two attached hydrogens (primary N) is 1. The fraction of sp³-hybridized carbons (Fsp3) is 1.00. The highest BCUT2D eigenvalue weighted by molar-refractivity contribution is 4.84. The van der Waals surface area contributed by atoms with Crippen LogP contribution in [0, 0.1) is 17.8 Å². The molecule has 88 valence electrons. The minimum atomic E-state index is 0.352. The van der Waals surface area contributed by atoms with Gasteiger partial charge in [-0.05, 0) is 18.3 Å². The maximum atomic E-state index is 6.12. The van der Waals surface area contributed by atoms with E-state index in [4.69, 9.17) is 10.5 Å². The second-order valence-electron chi connectivity index (χ2n) is 5.46. The van der Waals surface area contributed by atoms with Crippen LogP contribution in [-0.4, -0.2) is 43.8 Å². The van der Waals surface area contributed by atoms with Crippen molar-refractivity contribution in [3.05, 3.63) is 0 Å². The van der Waals surface area contributed by atoms with Crippen LogP contribution in [0.3, 0.4) is 0 Å². The zero-order chi connectivity index (χ0) is 10.8. The standard InChI is InChI=1S/C12H24N2O/c1-9-5-14(6-10(9)2)7-11-8-15-4-3-12(11)13/h9-12H,3-8,13H2,1-2H3. The van der Waals surface area contributed by atoms with E-state index < -0.39 is 0 Å². The van der Waals surface area contributed by atoms with E-state index >= 15 is 0 Å². The van der Waals surface area contributed by atoms with Crippen LogP contribution in [0.4, 0.5) is 0 Å². The van der Waals surface area contributed by atoms with Crippen molar-refractivity contribution < 1.29 is 4.74 Å². The first-order valence-electron chi connectivity index (χ1n) is 6.22. The predicted octanol–water partition coefficient (Wildman–Crippen LogP) is 0.938. The van der Waals surface area contributed by atoms with E-state index in [2.05, 4.69) is 18.7 Å². The van der Waals surface area contributed by atoms with Crippen LogP contribution in [0.1, 0.15) is 20.3 Å². The van der Waals surface area contributed by atoms with E-state index in [1.165, 1.54) is 13.1 Å². The first-order chi connectivity index (χ1) is 7.16. The molecule has 0 aromatic heterocycles. The molecular weight excluding hydrogens is 188 g/mol. The van der Waals surface area contributed by atoms with E-state index in [1.807, 2.05) is 0 Å². The molecule has 3 nitrogen and oxygen atoms in total. The van der Waals surface area contributed by atoms with Crippen molar-refractivity contribution in [2.75, 3.05) is 32.8 Å². The van der Waals surface area contributed by atoms with E-state index in [1.54, 1.807) is 0 Å². The zero-order valence-electron chi connectivity index (χ0n) is 9.98. The Bertz CT molecular complexity index is 200. The zero-order valence-corrected chi connectivity index (χ0v) is 9.98. The van der Waals surface area contributed by atoms with Crippen LogP contribution in [0.2, 0.25) is 0 Å². The summed E-state index contributed by atoms with van der Waals surface area (Å²) in [5, 5.41) is 0. The molecule has 0 amide bonds. The van der Waals surface area contributed by atoms with Crippen molar-refractivity contribution in [3.63, 3.8) is 0 Å². The summed E-state index contributed by atoms with van der Waals surface area (Å²) in [5.74, 6) is 2.23. The molecular formula is C12H24N2O. The summed E-state index contributed by atoms with van der Waals surface area (Å²) in [7, 11) is 0. The van der Waals surface area contributed by atoms with Crippen LogP contribution in [0.25, 0.3) is 0 Å². The third kappa shape index (κ3) is 2.71. The molecule has 0 bridgehead atoms. The van der Waals surface area contributed by atoms with Crippen molar-refractivity contribution in [1.29, 1.82) is 0 Å². The van der Waals surface area contributed by atoms with Crippen molar-refractivity contribution in [2.24, 2.45) is 23.5 Å². The Hall–Kier alpha value is -0.120. The molecule has 2 saturated heterocycles. The first-order valence-corrected chi connectivity index (χ1v) is 6.22. The number of nitrogens with zero attached hydrogens (tertiary/aromatic N) is 1. The topological polar surface area (TPSA) is 38.5 Å². The molecule has 0 spiro atoms. The second-order valence-corrected chi connectivity index (χ2v) is 5.46. The van der Waals surface area contributed by atoms with Crippen LogP contribution in [0.5, 0.6) is 0 Å². The monoisotopic (exact) mass is 212 g/mol. The fourth-order valence-electron chi connectivity index (χ4n) is 2.73. The normalized spacial score (nSPS) is 43.4. The van der Waals surface area contributed by atoms with Gasteiger partial charge in [0.15, 0.2) is 0 Å². The lowest BCUT2D eigenvalue weighted by atomic mass is 9.96. The van der Waals surface area contributed by atoms with Gasteiger partial charge in [0, 0.05) is 38.2 Å². The molecule has 2 aliphatic rings. The Morgan fingerprint density at radius 3 is 2.53 bits per heavy atom. The number of ether oxygens (including phenoxy) is 1. The Labute approximate surface area is 93.0 Å². The molecule has 2 aliphatic heterocycles. The highest BCUT2D eigenvalue weighted by atomic mass is 16.5. The van der Waals surface area contributed by atoms with Crippen LogP contribution < -0.4 is 5.73 Å². The van der Waals surface area contributed by atoms with Gasteiger partial charge in [-0.1, -0.05) is 13.8 Å². The molecule has 4 atom stereocenters. The second kappa shape index (κ2) is 4.81. The van der Waals surface area contributed by atoms with Gasteiger partial charge >= 0.3 is 0 Å². The van der Waals surface area contributed by atoms with Crippen molar-refractivity contribution in [2.45, 2.75) is 26.3 Å². The lowest BCUT2D eigenvalue weighted by Gasteiger charge is -2.31. The van der Waals surface area contributed by atoms with E-state index in [0.717, 1.165) is 38.0 Å². The average Bonchev–Trinajstić information content (AvgIpc) is 2.50. The number of rotatable bonds is 2. The van der Waals surface area contributed by atoms with Gasteiger partial charge in [-0.25, -0.2) is 0 Å². The van der Waals surface area contributed by atoms with Gasteiger partial charge in [-0.15, -0.1) is 0 Å². The molecule has 2 fully saturated rings. The molecule has 0 radical (unpaired) electrons. The molecule has 0 saturated carbocycles. The summed E-state index contributed by atoms with van der Waals surface area (Å²) in [4.78, 5) is 2.56. The Balaban J connectivity index is 1.81. The lowest BCUT2D eigenvalue weighted by molar-refractivity contribution is 0.0286. The fourth-order valence-corrected chi connectivity index (χ4v) is 2.73. The maximum absolute atomic E-state index is 6.12. The van der Waals surface area contributed by atoms with Crippen LogP contribution in [0.15, 0.2) is 0 Å². The molecule has 2 N–H and O–H groups in total. The molecule has 2 rings (SSSR count). The van der Waals surface area contributed by atoms with Gasteiger partial charge in [-0.3, -0.25) is 0 Å². The predicted molar refractivity (Wildman–Crippen MR) is 61.7 cm³/mol. The van der Waals surface area contributed by atoms with E-state index in [9.17, 15) is 0 Å². The third-order valence-corrected chi connectivity index (χ3v) is 4.09. The van der Waals surface area contributed by atoms with Gasteiger partial charge in [0.25, 0.3) is 0 Å². The summed E-state index contributed by atoms with van der Waals surface area (Å²) in [6, 6.07) is 0.352. The SMILES string of the molecule is CC1CN(CC2COCCC2N)CC1C. The number of hydrogen-bond donors (Lipinski definition) is 1. The summed E-state index contributed by atoms with van der Waals surface area (Å²) in [6.07, 6.45) is 1.03. The van der Waals surface area contributed by atoms with Gasteiger partial charge in [0.05, 0.1) is 6.61 Å². The molecule has 0 aromatic carbocycles. The van der Waals surface area contributed by atoms with Crippen molar-refractivity contribution >= 4 is 0 Å². The third-order valence-electron chi connectivity index (χ3n) is 4.09. The van der Waals surface area contributed by atoms with Gasteiger partial charge in [-0.2, -0.15) is 0 Å². The van der Waals surface area contributed by atoms with Crippen molar-refractivity contribution in [3.8, 4) is 0 Å². The first kappa shape index (κ1) is 11.4. The molecule has 3 heteroatoms. The highest BCUT2D eigenvalue weighted by Crippen LogP contribution is 2.24. The quantitative estimate of drug-likeness (QED) is 0.740. The molecule has 0 aliphatic carbocycles. The van der Waals surface area contributed by atoms with Gasteiger partial charge in [0.2, 0.25) is 0 Å². The van der Waals surface area contributed by atoms with Gasteiger partial charge in [0.1, 0.15) is 0 Å². The van der Waals surface area contributed by atoms with E-state index in [0.29, 0.717) is 12.0 Å². The van der Waals surface area contributed by atoms with Gasteiger partial charge < -0.3 is 15.4 Å². The Kier molecular flexibility index (Phi) is 3.65. The summed E-state index contributed by atoms with van der Waals surface area (Å²) >= 11 is 0. The summed E-state index contributed by atoms with van der Waals surface area (Å²) in [6.45, 7) is 10.0. The number of hydrogen-bond acceptors (Lipinski definition) is 3. The minimum Gasteiger partial charge on any atom is -0.381 e. The average molecular weight is 212 g/mol. The lowest BCUT2D eigenvalue weighted by Crippen LogP contribution is -2.44. The van der Waals surface area contributed by atoms with Crippen LogP contribution >= 0.6 is 0 Å². The Morgan fingerprint density at radius 1 is 1.27 bits per heavy atom. The van der Waals surface area contributed by atoms with Crippen molar-refractivity contribution in [1.82, 2.24) is 4.90 Å². The van der Waals surface area contributed by atoms with Crippen LogP contribution in [-0.2, 0) is 4.74 Å². The highest BCUT2D eigenvalue weighted by Gasteiger charge is 2.30. The number of likely N-dealkylation sites (tertiary alicyclic amines) is 1. The van der Waals surface area contributed by atoms with E-state index in [-0.39, 0.29) is 0 Å². The molecule has 4 unspecified atom stereocenters. The Morgan fingerprint density at radius 2 is 1.93 bits per heavy atom. The minimum absolute atomic E-state index is 0.352. The largest absolute Gasteiger partial charge is 0.381 e. The molecule has 2 heterocycles. The smallest absolute Gasteiger partial charge is 0.0521 e. The molecule has 15 heavy (non-hydrogen) atoms. The summed E-state index contributed by atoms with van der Waals surface area (Å²) < 4.78 is 5.51. The molecule has 0 aromatic rings. The summed E-state index contributed by atoms with van der Waals surface area (Å²) in [5.41, 5.74) is 6.12.